The summed E-state index contributed by atoms with van der Waals surface area (Å²) in [7, 11) is 1.62. The summed E-state index contributed by atoms with van der Waals surface area (Å²) >= 11 is 6.11. The average Bonchev–Trinajstić information content (AvgIpc) is 2.62. The third-order valence-corrected chi connectivity index (χ3v) is 4.16. The zero-order chi connectivity index (χ0) is 16.9. The summed E-state index contributed by atoms with van der Waals surface area (Å²) in [6.45, 7) is 2.06. The SMILES string of the molecule is COc1cccc([C@H](Oc2ccc(F)cc2Cl)[C@@H]2CNCCO2)c1. The fourth-order valence-corrected chi connectivity index (χ4v) is 2.88. The quantitative estimate of drug-likeness (QED) is 0.893. The number of rotatable bonds is 5. The van der Waals surface area contributed by atoms with Crippen molar-refractivity contribution in [2.75, 3.05) is 26.8 Å². The van der Waals surface area contributed by atoms with E-state index in [1.807, 2.05) is 24.3 Å². The molecule has 6 heteroatoms. The first-order valence-corrected chi connectivity index (χ1v) is 8.13. The molecule has 1 N–H and O–H groups in total. The maximum atomic E-state index is 13.3. The van der Waals surface area contributed by atoms with Crippen molar-refractivity contribution in [2.24, 2.45) is 0 Å². The fraction of sp³-hybridized carbons (Fsp3) is 0.333. The van der Waals surface area contributed by atoms with Crippen molar-refractivity contribution in [3.8, 4) is 11.5 Å². The molecule has 1 saturated heterocycles. The summed E-state index contributed by atoms with van der Waals surface area (Å²) in [6.07, 6.45) is -0.581. The Kier molecular flexibility index (Phi) is 5.56. The molecule has 0 bridgehead atoms. The zero-order valence-electron chi connectivity index (χ0n) is 13.3. The van der Waals surface area contributed by atoms with Gasteiger partial charge in [-0.05, 0) is 35.9 Å². The van der Waals surface area contributed by atoms with Gasteiger partial charge in [0.25, 0.3) is 0 Å². The van der Waals surface area contributed by atoms with Crippen molar-refractivity contribution in [2.45, 2.75) is 12.2 Å². The first kappa shape index (κ1) is 17.0. The molecule has 24 heavy (non-hydrogen) atoms. The molecule has 0 aromatic heterocycles. The number of benzene rings is 2. The molecule has 0 saturated carbocycles. The highest BCUT2D eigenvalue weighted by molar-refractivity contribution is 6.32. The molecule has 3 rings (SSSR count). The van der Waals surface area contributed by atoms with E-state index in [0.717, 1.165) is 17.9 Å². The third-order valence-electron chi connectivity index (χ3n) is 3.86. The van der Waals surface area contributed by atoms with E-state index in [0.29, 0.717) is 18.9 Å². The Morgan fingerprint density at radius 3 is 2.88 bits per heavy atom. The molecule has 1 heterocycles. The Hall–Kier alpha value is -1.82. The predicted octanol–water partition coefficient (Wildman–Crippen LogP) is 3.60. The Morgan fingerprint density at radius 1 is 1.29 bits per heavy atom. The second-order valence-corrected chi connectivity index (χ2v) is 5.91. The van der Waals surface area contributed by atoms with Gasteiger partial charge in [0, 0.05) is 13.1 Å². The number of hydrogen-bond donors (Lipinski definition) is 1. The predicted molar refractivity (Wildman–Crippen MR) is 90.4 cm³/mol. The van der Waals surface area contributed by atoms with Crippen LogP contribution in [0.1, 0.15) is 11.7 Å². The molecule has 2 aromatic rings. The zero-order valence-corrected chi connectivity index (χ0v) is 14.1. The molecule has 0 unspecified atom stereocenters. The van der Waals surface area contributed by atoms with E-state index in [1.165, 1.54) is 18.2 Å². The number of hydrogen-bond acceptors (Lipinski definition) is 4. The van der Waals surface area contributed by atoms with Crippen LogP contribution >= 0.6 is 11.6 Å². The summed E-state index contributed by atoms with van der Waals surface area (Å²) in [5.74, 6) is 0.746. The van der Waals surface area contributed by atoms with Crippen LogP contribution in [0, 0.1) is 5.82 Å². The van der Waals surface area contributed by atoms with E-state index < -0.39 is 11.9 Å². The molecular formula is C18H19ClFNO3. The largest absolute Gasteiger partial charge is 0.497 e. The van der Waals surface area contributed by atoms with Crippen LogP contribution in [0.5, 0.6) is 11.5 Å². The number of halogens is 2. The van der Waals surface area contributed by atoms with Gasteiger partial charge in [-0.15, -0.1) is 0 Å². The molecule has 2 atom stereocenters. The molecule has 0 aliphatic carbocycles. The van der Waals surface area contributed by atoms with Gasteiger partial charge in [-0.1, -0.05) is 23.7 Å². The van der Waals surface area contributed by atoms with Gasteiger partial charge >= 0.3 is 0 Å². The van der Waals surface area contributed by atoms with Crippen molar-refractivity contribution < 1.29 is 18.6 Å². The topological polar surface area (TPSA) is 39.7 Å². The Morgan fingerprint density at radius 2 is 2.17 bits per heavy atom. The lowest BCUT2D eigenvalue weighted by Crippen LogP contribution is -2.43. The van der Waals surface area contributed by atoms with Gasteiger partial charge in [0.2, 0.25) is 0 Å². The highest BCUT2D eigenvalue weighted by atomic mass is 35.5. The van der Waals surface area contributed by atoms with E-state index in [4.69, 9.17) is 25.8 Å². The minimum Gasteiger partial charge on any atom is -0.497 e. The van der Waals surface area contributed by atoms with Crippen LogP contribution < -0.4 is 14.8 Å². The van der Waals surface area contributed by atoms with E-state index in [2.05, 4.69) is 5.32 Å². The highest BCUT2D eigenvalue weighted by Gasteiger charge is 2.29. The van der Waals surface area contributed by atoms with Gasteiger partial charge in [0.15, 0.2) is 6.10 Å². The lowest BCUT2D eigenvalue weighted by molar-refractivity contribution is -0.0432. The monoisotopic (exact) mass is 351 g/mol. The number of methoxy groups -OCH3 is 1. The normalized spacial score (nSPS) is 18.9. The van der Waals surface area contributed by atoms with E-state index >= 15 is 0 Å². The van der Waals surface area contributed by atoms with E-state index in [9.17, 15) is 4.39 Å². The summed E-state index contributed by atoms with van der Waals surface area (Å²) in [6, 6.07) is 11.7. The molecule has 0 spiro atoms. The fourth-order valence-electron chi connectivity index (χ4n) is 2.66. The standard InChI is InChI=1S/C18H19ClFNO3/c1-22-14-4-2-3-12(9-14)18(17-11-21-7-8-23-17)24-16-6-5-13(20)10-15(16)19/h2-6,9-10,17-18,21H,7-8,11H2,1H3/t17-,18-/m0/s1. The van der Waals surface area contributed by atoms with Crippen molar-refractivity contribution in [1.29, 1.82) is 0 Å². The molecule has 2 aromatic carbocycles. The van der Waals surface area contributed by atoms with Crippen LogP contribution in [0.2, 0.25) is 5.02 Å². The highest BCUT2D eigenvalue weighted by Crippen LogP contribution is 2.33. The molecule has 0 amide bonds. The van der Waals surface area contributed by atoms with Gasteiger partial charge in [-0.2, -0.15) is 0 Å². The Balaban J connectivity index is 1.91. The van der Waals surface area contributed by atoms with Crippen LogP contribution in [-0.4, -0.2) is 32.9 Å². The van der Waals surface area contributed by atoms with Crippen molar-refractivity contribution >= 4 is 11.6 Å². The minimum atomic E-state index is -0.402. The second-order valence-electron chi connectivity index (χ2n) is 5.50. The molecule has 1 fully saturated rings. The third kappa shape index (κ3) is 3.98. The molecule has 4 nitrogen and oxygen atoms in total. The second kappa shape index (κ2) is 7.83. The molecule has 128 valence electrons. The molecule has 1 aliphatic heterocycles. The van der Waals surface area contributed by atoms with Crippen LogP contribution in [0.15, 0.2) is 42.5 Å². The summed E-state index contributed by atoms with van der Waals surface area (Å²) in [5, 5.41) is 3.52. The van der Waals surface area contributed by atoms with Gasteiger partial charge in [-0.25, -0.2) is 4.39 Å². The number of morpholine rings is 1. The van der Waals surface area contributed by atoms with Crippen molar-refractivity contribution in [1.82, 2.24) is 5.32 Å². The van der Waals surface area contributed by atoms with E-state index in [1.54, 1.807) is 7.11 Å². The summed E-state index contributed by atoms with van der Waals surface area (Å²) in [4.78, 5) is 0. The van der Waals surface area contributed by atoms with Crippen LogP contribution in [0.4, 0.5) is 4.39 Å². The van der Waals surface area contributed by atoms with Gasteiger partial charge in [0.1, 0.15) is 23.4 Å². The summed E-state index contributed by atoms with van der Waals surface area (Å²) < 4.78 is 30.5. The van der Waals surface area contributed by atoms with Crippen LogP contribution in [0.25, 0.3) is 0 Å². The average molecular weight is 352 g/mol. The maximum Gasteiger partial charge on any atom is 0.151 e. The molecule has 0 radical (unpaired) electrons. The Bertz CT molecular complexity index is 692. The van der Waals surface area contributed by atoms with E-state index in [-0.39, 0.29) is 11.1 Å². The van der Waals surface area contributed by atoms with Crippen LogP contribution in [0.3, 0.4) is 0 Å². The summed E-state index contributed by atoms with van der Waals surface area (Å²) in [5.41, 5.74) is 0.906. The lowest BCUT2D eigenvalue weighted by Gasteiger charge is -2.32. The van der Waals surface area contributed by atoms with Gasteiger partial charge in [-0.3, -0.25) is 0 Å². The van der Waals surface area contributed by atoms with Crippen molar-refractivity contribution in [3.63, 3.8) is 0 Å². The number of nitrogens with one attached hydrogen (secondary N) is 1. The first-order valence-electron chi connectivity index (χ1n) is 7.75. The lowest BCUT2D eigenvalue weighted by atomic mass is 10.0. The first-order chi connectivity index (χ1) is 11.7. The van der Waals surface area contributed by atoms with Crippen LogP contribution in [-0.2, 0) is 4.74 Å². The van der Waals surface area contributed by atoms with Gasteiger partial charge < -0.3 is 19.5 Å². The van der Waals surface area contributed by atoms with Gasteiger partial charge in [0.05, 0.1) is 18.7 Å². The maximum absolute atomic E-state index is 13.3. The Labute approximate surface area is 145 Å². The smallest absolute Gasteiger partial charge is 0.151 e. The molecule has 1 aliphatic rings. The van der Waals surface area contributed by atoms with Crippen molar-refractivity contribution in [3.05, 3.63) is 58.9 Å². The number of ether oxygens (including phenoxy) is 3. The molecular weight excluding hydrogens is 333 g/mol. The minimum absolute atomic E-state index is 0.188.